The first-order valence-corrected chi connectivity index (χ1v) is 8.56. The number of piperidine rings is 1. The topological polar surface area (TPSA) is 61.4 Å². The number of nitrogens with zero attached hydrogens (tertiary/aromatic N) is 1. The zero-order chi connectivity index (χ0) is 18.0. The molecule has 5 heteroatoms. The summed E-state index contributed by atoms with van der Waals surface area (Å²) in [5, 5.41) is 5.95. The molecule has 0 unspecified atom stereocenters. The third kappa shape index (κ3) is 3.71. The lowest BCUT2D eigenvalue weighted by atomic mass is 9.89. The lowest BCUT2D eigenvalue weighted by Crippen LogP contribution is -2.51. The molecule has 24 heavy (non-hydrogen) atoms. The zero-order valence-corrected chi connectivity index (χ0v) is 15.7. The molecule has 1 aliphatic heterocycles. The molecule has 0 aliphatic carbocycles. The van der Waals surface area contributed by atoms with E-state index >= 15 is 0 Å². The number of likely N-dealkylation sites (tertiary alicyclic amines) is 1. The molecule has 1 saturated heterocycles. The maximum Gasteiger partial charge on any atom is 0.315 e. The molecule has 0 spiro atoms. The van der Waals surface area contributed by atoms with E-state index < -0.39 is 0 Å². The Morgan fingerprint density at radius 2 is 1.58 bits per heavy atom. The first-order valence-electron chi connectivity index (χ1n) is 8.56. The van der Waals surface area contributed by atoms with Crippen LogP contribution in [-0.4, -0.2) is 36.5 Å². The van der Waals surface area contributed by atoms with Gasteiger partial charge in [0.05, 0.1) is 0 Å². The van der Waals surface area contributed by atoms with Crippen LogP contribution in [-0.2, 0) is 11.3 Å². The molecule has 1 atom stereocenters. The lowest BCUT2D eigenvalue weighted by Gasteiger charge is -2.30. The number of amides is 3. The van der Waals surface area contributed by atoms with Crippen LogP contribution >= 0.6 is 0 Å². The molecule has 5 nitrogen and oxygen atoms in total. The fourth-order valence-electron chi connectivity index (χ4n) is 3.38. The molecule has 0 radical (unpaired) electrons. The highest BCUT2D eigenvalue weighted by molar-refractivity contribution is 5.78. The molecule has 0 aromatic heterocycles. The second-order valence-electron chi connectivity index (χ2n) is 6.94. The number of urea groups is 1. The van der Waals surface area contributed by atoms with E-state index in [1.807, 2.05) is 0 Å². The van der Waals surface area contributed by atoms with Crippen LogP contribution in [0.3, 0.4) is 0 Å². The molecular formula is C19H29N3O2. The van der Waals surface area contributed by atoms with Crippen molar-refractivity contribution in [3.8, 4) is 0 Å². The Bertz CT molecular complexity index is 638. The Labute approximate surface area is 144 Å². The third-order valence-corrected chi connectivity index (χ3v) is 5.54. The molecule has 0 saturated carbocycles. The monoisotopic (exact) mass is 331 g/mol. The first-order chi connectivity index (χ1) is 11.2. The quantitative estimate of drug-likeness (QED) is 0.894. The van der Waals surface area contributed by atoms with Gasteiger partial charge in [-0.1, -0.05) is 0 Å². The molecule has 2 rings (SSSR count). The predicted octanol–water partition coefficient (Wildman–Crippen LogP) is 2.65. The van der Waals surface area contributed by atoms with Crippen LogP contribution in [0.1, 0.15) is 46.2 Å². The van der Waals surface area contributed by atoms with Crippen molar-refractivity contribution in [2.75, 3.05) is 13.6 Å². The third-order valence-electron chi connectivity index (χ3n) is 5.54. The van der Waals surface area contributed by atoms with E-state index in [1.54, 1.807) is 11.9 Å². The van der Waals surface area contributed by atoms with Gasteiger partial charge in [-0.2, -0.15) is 0 Å². The summed E-state index contributed by atoms with van der Waals surface area (Å²) in [6, 6.07) is -0.145. The maximum atomic E-state index is 12.2. The Hall–Kier alpha value is -2.04. The first kappa shape index (κ1) is 18.3. The van der Waals surface area contributed by atoms with Crippen molar-refractivity contribution < 1.29 is 9.59 Å². The van der Waals surface area contributed by atoms with Crippen molar-refractivity contribution in [3.05, 3.63) is 33.4 Å². The summed E-state index contributed by atoms with van der Waals surface area (Å²) in [5.74, 6) is 0.144. The Morgan fingerprint density at radius 1 is 1.04 bits per heavy atom. The molecule has 1 aromatic carbocycles. The highest BCUT2D eigenvalue weighted by Gasteiger charge is 2.24. The number of hydrogen-bond acceptors (Lipinski definition) is 2. The van der Waals surface area contributed by atoms with Gasteiger partial charge in [-0.25, -0.2) is 4.79 Å². The van der Waals surface area contributed by atoms with E-state index in [9.17, 15) is 9.59 Å². The van der Waals surface area contributed by atoms with E-state index in [0.717, 1.165) is 0 Å². The van der Waals surface area contributed by atoms with Crippen molar-refractivity contribution in [2.45, 2.75) is 60.0 Å². The van der Waals surface area contributed by atoms with Crippen molar-refractivity contribution >= 4 is 11.9 Å². The van der Waals surface area contributed by atoms with Gasteiger partial charge >= 0.3 is 6.03 Å². The van der Waals surface area contributed by atoms with E-state index in [0.29, 0.717) is 25.9 Å². The largest absolute Gasteiger partial charge is 0.344 e. The molecule has 132 valence electrons. The number of benzene rings is 1. The summed E-state index contributed by atoms with van der Waals surface area (Å²) in [4.78, 5) is 25.4. The fraction of sp³-hybridized carbons (Fsp3) is 0.579. The van der Waals surface area contributed by atoms with Crippen LogP contribution in [0.25, 0.3) is 0 Å². The number of hydrogen-bond donors (Lipinski definition) is 2. The molecular weight excluding hydrogens is 302 g/mol. The van der Waals surface area contributed by atoms with Gasteiger partial charge in [0.1, 0.15) is 0 Å². The Kier molecular flexibility index (Phi) is 5.52. The lowest BCUT2D eigenvalue weighted by molar-refractivity contribution is -0.132. The Morgan fingerprint density at radius 3 is 2.12 bits per heavy atom. The number of carbonyl (C=O) groups is 2. The molecule has 0 bridgehead atoms. The van der Waals surface area contributed by atoms with Gasteiger partial charge < -0.3 is 15.5 Å². The summed E-state index contributed by atoms with van der Waals surface area (Å²) in [6.45, 7) is 11.7. The minimum atomic E-state index is -0.169. The van der Waals surface area contributed by atoms with Gasteiger partial charge in [-0.3, -0.25) is 4.79 Å². The van der Waals surface area contributed by atoms with Crippen molar-refractivity contribution in [1.82, 2.24) is 15.5 Å². The molecule has 1 aromatic rings. The zero-order valence-electron chi connectivity index (χ0n) is 15.7. The van der Waals surface area contributed by atoms with Gasteiger partial charge in [-0.05, 0) is 74.4 Å². The number of likely N-dealkylation sites (N-methyl/N-ethyl adjacent to an activating group) is 1. The second kappa shape index (κ2) is 7.24. The SMILES string of the molecule is Cc1c(C)c(C)c(CNC(=O)N[C@H]2CCC(=O)N(C)C2)c(C)c1C. The summed E-state index contributed by atoms with van der Waals surface area (Å²) in [6.07, 6.45) is 1.20. The van der Waals surface area contributed by atoms with Crippen LogP contribution in [0.2, 0.25) is 0 Å². The highest BCUT2D eigenvalue weighted by atomic mass is 16.2. The van der Waals surface area contributed by atoms with Crippen molar-refractivity contribution in [2.24, 2.45) is 0 Å². The number of carbonyl (C=O) groups excluding carboxylic acids is 2. The summed E-state index contributed by atoms with van der Waals surface area (Å²) in [7, 11) is 1.78. The number of rotatable bonds is 3. The normalized spacial score (nSPS) is 17.8. The minimum absolute atomic E-state index is 0.0244. The maximum absolute atomic E-state index is 12.2. The summed E-state index contributed by atoms with van der Waals surface area (Å²) < 4.78 is 0. The summed E-state index contributed by atoms with van der Waals surface area (Å²) >= 11 is 0. The van der Waals surface area contributed by atoms with Crippen LogP contribution in [0, 0.1) is 34.6 Å². The summed E-state index contributed by atoms with van der Waals surface area (Å²) in [5.41, 5.74) is 7.61. The van der Waals surface area contributed by atoms with Gasteiger partial charge in [0, 0.05) is 32.6 Å². The smallest absolute Gasteiger partial charge is 0.315 e. The van der Waals surface area contributed by atoms with Crippen LogP contribution in [0.15, 0.2) is 0 Å². The van der Waals surface area contributed by atoms with E-state index in [-0.39, 0.29) is 18.0 Å². The number of nitrogens with one attached hydrogen (secondary N) is 2. The van der Waals surface area contributed by atoms with E-state index in [4.69, 9.17) is 0 Å². The molecule has 2 N–H and O–H groups in total. The highest BCUT2D eigenvalue weighted by Crippen LogP contribution is 2.25. The second-order valence-corrected chi connectivity index (χ2v) is 6.94. The Balaban J connectivity index is 1.99. The van der Waals surface area contributed by atoms with Gasteiger partial charge in [-0.15, -0.1) is 0 Å². The molecule has 1 fully saturated rings. The van der Waals surface area contributed by atoms with Gasteiger partial charge in [0.25, 0.3) is 0 Å². The minimum Gasteiger partial charge on any atom is -0.344 e. The molecule has 3 amide bonds. The van der Waals surface area contributed by atoms with Gasteiger partial charge in [0.2, 0.25) is 5.91 Å². The average molecular weight is 331 g/mol. The van der Waals surface area contributed by atoms with Crippen molar-refractivity contribution in [1.29, 1.82) is 0 Å². The van der Waals surface area contributed by atoms with Crippen LogP contribution < -0.4 is 10.6 Å². The van der Waals surface area contributed by atoms with E-state index in [1.165, 1.54) is 33.4 Å². The van der Waals surface area contributed by atoms with Crippen LogP contribution in [0.5, 0.6) is 0 Å². The fourth-order valence-corrected chi connectivity index (χ4v) is 3.38. The van der Waals surface area contributed by atoms with E-state index in [2.05, 4.69) is 45.3 Å². The van der Waals surface area contributed by atoms with Crippen molar-refractivity contribution in [3.63, 3.8) is 0 Å². The van der Waals surface area contributed by atoms with Gasteiger partial charge in [0.15, 0.2) is 0 Å². The molecule has 1 heterocycles. The predicted molar refractivity (Wildman–Crippen MR) is 96.2 cm³/mol. The molecule has 1 aliphatic rings. The van der Waals surface area contributed by atoms with Crippen LogP contribution in [0.4, 0.5) is 4.79 Å². The average Bonchev–Trinajstić information content (AvgIpc) is 2.54. The standard InChI is InChI=1S/C19H29N3O2/c1-11-12(2)14(4)17(15(5)13(11)3)9-20-19(24)21-16-7-8-18(23)22(6)10-16/h16H,7-10H2,1-6H3,(H2,20,21,24)/t16-/m0/s1.